The van der Waals surface area contributed by atoms with E-state index in [1.165, 1.54) is 0 Å². The molecule has 0 radical (unpaired) electrons. The van der Waals surface area contributed by atoms with Gasteiger partial charge in [-0.15, -0.1) is 0 Å². The maximum Gasteiger partial charge on any atom is 0.249 e. The third-order valence-corrected chi connectivity index (χ3v) is 3.51. The van der Waals surface area contributed by atoms with E-state index < -0.39 is 5.91 Å². The zero-order valence-corrected chi connectivity index (χ0v) is 12.1. The molecule has 2 aromatic carbocycles. The van der Waals surface area contributed by atoms with Crippen LogP contribution in [0.3, 0.4) is 0 Å². The van der Waals surface area contributed by atoms with Crippen LogP contribution in [-0.4, -0.2) is 19.6 Å². The smallest absolute Gasteiger partial charge is 0.249 e. The molecule has 0 unspecified atom stereocenters. The zero-order chi connectivity index (χ0) is 15.5. The quantitative estimate of drug-likeness (QED) is 0.908. The average molecular weight is 296 g/mol. The predicted molar refractivity (Wildman–Crippen MR) is 84.0 cm³/mol. The predicted octanol–water partition coefficient (Wildman–Crippen LogP) is 2.34. The number of nitrogens with one attached hydrogen (secondary N) is 1. The lowest BCUT2D eigenvalue weighted by Gasteiger charge is -2.17. The molecule has 0 aromatic heterocycles. The third kappa shape index (κ3) is 2.42. The molecule has 0 fully saturated rings. The number of amides is 1. The highest BCUT2D eigenvalue weighted by Gasteiger charge is 2.24. The summed E-state index contributed by atoms with van der Waals surface area (Å²) in [4.78, 5) is 17.1. The third-order valence-electron chi connectivity index (χ3n) is 3.51. The summed E-state index contributed by atoms with van der Waals surface area (Å²) in [6.45, 7) is 0.562. The van der Waals surface area contributed by atoms with Gasteiger partial charge in [0.25, 0.3) is 0 Å². The molecule has 1 aliphatic heterocycles. The van der Waals surface area contributed by atoms with Gasteiger partial charge in [-0.25, -0.2) is 0 Å². The second-order valence-corrected chi connectivity index (χ2v) is 4.82. The molecule has 1 amide bonds. The SMILES string of the molecule is COc1c(-c2ccccc2)ccc(C(N)=O)c1C1=CCNO1. The first kappa shape index (κ1) is 14.2. The molecular weight excluding hydrogens is 280 g/mol. The van der Waals surface area contributed by atoms with Crippen LogP contribution >= 0.6 is 0 Å². The number of carbonyl (C=O) groups is 1. The van der Waals surface area contributed by atoms with Crippen molar-refractivity contribution in [3.63, 3.8) is 0 Å². The van der Waals surface area contributed by atoms with Crippen LogP contribution in [-0.2, 0) is 4.84 Å². The molecule has 2 aromatic rings. The van der Waals surface area contributed by atoms with Gasteiger partial charge >= 0.3 is 0 Å². The molecule has 22 heavy (non-hydrogen) atoms. The number of hydrogen-bond acceptors (Lipinski definition) is 4. The van der Waals surface area contributed by atoms with Crippen LogP contribution in [0.1, 0.15) is 15.9 Å². The maximum absolute atomic E-state index is 11.8. The monoisotopic (exact) mass is 296 g/mol. The van der Waals surface area contributed by atoms with Crippen molar-refractivity contribution in [2.24, 2.45) is 5.73 Å². The lowest BCUT2D eigenvalue weighted by molar-refractivity contribution is 0.0998. The fraction of sp³-hybridized carbons (Fsp3) is 0.118. The topological polar surface area (TPSA) is 73.6 Å². The van der Waals surface area contributed by atoms with Gasteiger partial charge in [0.05, 0.1) is 24.8 Å². The van der Waals surface area contributed by atoms with Crippen molar-refractivity contribution in [1.29, 1.82) is 0 Å². The summed E-state index contributed by atoms with van der Waals surface area (Å²) in [6.07, 6.45) is 1.85. The minimum Gasteiger partial charge on any atom is -0.495 e. The van der Waals surface area contributed by atoms with Gasteiger partial charge in [-0.2, -0.15) is 5.48 Å². The lowest BCUT2D eigenvalue weighted by atomic mass is 9.95. The Morgan fingerprint density at radius 2 is 2.00 bits per heavy atom. The summed E-state index contributed by atoms with van der Waals surface area (Å²) < 4.78 is 5.58. The van der Waals surface area contributed by atoms with E-state index in [1.807, 2.05) is 42.5 Å². The van der Waals surface area contributed by atoms with E-state index in [9.17, 15) is 4.79 Å². The molecule has 0 bridgehead atoms. The molecule has 0 aliphatic carbocycles. The van der Waals surface area contributed by atoms with Gasteiger partial charge in [0.1, 0.15) is 5.75 Å². The second-order valence-electron chi connectivity index (χ2n) is 4.82. The molecule has 0 atom stereocenters. The molecule has 112 valence electrons. The van der Waals surface area contributed by atoms with Crippen LogP contribution in [0.4, 0.5) is 0 Å². The van der Waals surface area contributed by atoms with E-state index in [2.05, 4.69) is 5.48 Å². The standard InChI is InChI=1S/C17H16N2O3/c1-21-16-12(11-5-3-2-4-6-11)7-8-13(17(18)20)15(16)14-9-10-19-22-14/h2-9,19H,10H2,1H3,(H2,18,20). The van der Waals surface area contributed by atoms with E-state index in [0.717, 1.165) is 11.1 Å². The lowest BCUT2D eigenvalue weighted by Crippen LogP contribution is -2.15. The first-order valence-corrected chi connectivity index (χ1v) is 6.89. The van der Waals surface area contributed by atoms with Crippen molar-refractivity contribution in [2.45, 2.75) is 0 Å². The Morgan fingerprint density at radius 1 is 1.23 bits per heavy atom. The summed E-state index contributed by atoms with van der Waals surface area (Å²) in [5, 5.41) is 0. The zero-order valence-electron chi connectivity index (χ0n) is 12.1. The summed E-state index contributed by atoms with van der Waals surface area (Å²) in [5.41, 5.74) is 11.0. The van der Waals surface area contributed by atoms with Gasteiger partial charge in [0.2, 0.25) is 5.91 Å². The normalized spacial score (nSPS) is 13.4. The number of benzene rings is 2. The molecule has 0 saturated carbocycles. The molecule has 5 nitrogen and oxygen atoms in total. The van der Waals surface area contributed by atoms with Gasteiger partial charge in [-0.1, -0.05) is 30.3 Å². The fourth-order valence-electron chi connectivity index (χ4n) is 2.54. The molecule has 0 saturated heterocycles. The summed E-state index contributed by atoms with van der Waals surface area (Å²) >= 11 is 0. The minimum atomic E-state index is -0.524. The number of hydroxylamine groups is 1. The van der Waals surface area contributed by atoms with Crippen molar-refractivity contribution in [2.75, 3.05) is 13.7 Å². The number of primary amides is 1. The van der Waals surface area contributed by atoms with Crippen molar-refractivity contribution >= 4 is 11.7 Å². The summed E-state index contributed by atoms with van der Waals surface area (Å²) in [5.74, 6) is 0.588. The highest BCUT2D eigenvalue weighted by Crippen LogP contribution is 2.39. The van der Waals surface area contributed by atoms with E-state index >= 15 is 0 Å². The van der Waals surface area contributed by atoms with Crippen molar-refractivity contribution in [3.8, 4) is 16.9 Å². The van der Waals surface area contributed by atoms with E-state index in [4.69, 9.17) is 15.3 Å². The second kappa shape index (κ2) is 5.91. The Morgan fingerprint density at radius 3 is 2.59 bits per heavy atom. The first-order valence-electron chi connectivity index (χ1n) is 6.89. The van der Waals surface area contributed by atoms with Gasteiger partial charge in [0, 0.05) is 5.56 Å². The largest absolute Gasteiger partial charge is 0.495 e. The number of carbonyl (C=O) groups excluding carboxylic acids is 1. The molecule has 0 spiro atoms. The fourth-order valence-corrected chi connectivity index (χ4v) is 2.54. The maximum atomic E-state index is 11.8. The Kier molecular flexibility index (Phi) is 3.80. The molecule has 3 N–H and O–H groups in total. The Bertz CT molecular complexity index is 739. The molecular formula is C17H16N2O3. The van der Waals surface area contributed by atoms with Crippen molar-refractivity contribution in [3.05, 3.63) is 59.7 Å². The van der Waals surface area contributed by atoms with E-state index in [1.54, 1.807) is 13.2 Å². The Labute approximate surface area is 128 Å². The highest BCUT2D eigenvalue weighted by atomic mass is 16.7. The summed E-state index contributed by atoms with van der Waals surface area (Å²) in [6, 6.07) is 13.3. The molecule has 1 heterocycles. The van der Waals surface area contributed by atoms with Crippen LogP contribution in [0.2, 0.25) is 0 Å². The Hall–Kier alpha value is -2.79. The van der Waals surface area contributed by atoms with Gasteiger partial charge in [0.15, 0.2) is 5.76 Å². The van der Waals surface area contributed by atoms with E-state index in [0.29, 0.717) is 29.2 Å². The summed E-state index contributed by atoms with van der Waals surface area (Å²) in [7, 11) is 1.57. The van der Waals surface area contributed by atoms with Crippen LogP contribution < -0.4 is 16.0 Å². The number of rotatable bonds is 4. The highest BCUT2D eigenvalue weighted by molar-refractivity contribution is 6.00. The Balaban J connectivity index is 2.26. The van der Waals surface area contributed by atoms with Crippen molar-refractivity contribution < 1.29 is 14.4 Å². The van der Waals surface area contributed by atoms with E-state index in [-0.39, 0.29) is 0 Å². The number of ether oxygens (including phenoxy) is 1. The first-order chi connectivity index (χ1) is 10.7. The number of nitrogens with two attached hydrogens (primary N) is 1. The number of hydrogen-bond donors (Lipinski definition) is 2. The van der Waals surface area contributed by atoms with Gasteiger partial charge in [-0.3, -0.25) is 4.79 Å². The van der Waals surface area contributed by atoms with Crippen LogP contribution in [0.25, 0.3) is 16.9 Å². The van der Waals surface area contributed by atoms with Crippen LogP contribution in [0.5, 0.6) is 5.75 Å². The molecule has 5 heteroatoms. The van der Waals surface area contributed by atoms with Crippen LogP contribution in [0.15, 0.2) is 48.5 Å². The molecule has 1 aliphatic rings. The molecule has 3 rings (SSSR count). The van der Waals surface area contributed by atoms with Gasteiger partial charge in [-0.05, 0) is 23.8 Å². The number of methoxy groups -OCH3 is 1. The minimum absolute atomic E-state index is 0.367. The van der Waals surface area contributed by atoms with Gasteiger partial charge < -0.3 is 15.3 Å². The van der Waals surface area contributed by atoms with Crippen molar-refractivity contribution in [1.82, 2.24) is 5.48 Å². The average Bonchev–Trinajstić information content (AvgIpc) is 3.08. The van der Waals surface area contributed by atoms with Crippen LogP contribution in [0, 0.1) is 0 Å².